The number of carboxylic acids is 2. The van der Waals surface area contributed by atoms with Gasteiger partial charge >= 0.3 is 11.9 Å². The Labute approximate surface area is 136 Å². The first-order valence-corrected chi connectivity index (χ1v) is 7.11. The van der Waals surface area contributed by atoms with Crippen molar-refractivity contribution in [2.45, 2.75) is 0 Å². The summed E-state index contributed by atoms with van der Waals surface area (Å²) in [6, 6.07) is 9.49. The maximum atomic E-state index is 10.8. The summed E-state index contributed by atoms with van der Waals surface area (Å²) in [5.41, 5.74) is 0.931. The van der Waals surface area contributed by atoms with Crippen LogP contribution in [0.4, 0.5) is 5.69 Å². The monoisotopic (exact) mass is 319 g/mol. The first kappa shape index (κ1) is 18.9. The average molecular weight is 319 g/mol. The van der Waals surface area contributed by atoms with E-state index in [0.29, 0.717) is 26.2 Å². The van der Waals surface area contributed by atoms with Crippen LogP contribution in [-0.2, 0) is 9.59 Å². The Kier molecular flexibility index (Phi) is 8.07. The Morgan fingerprint density at radius 2 is 1.39 bits per heavy atom. The standard InChI is InChI=1S/C16H21N3O4/c1-17(2)8-10-19(14-6-4-3-5-7-14)11-9-18(12-15(20)21)13-16(22)23/h1-7H,8-13H2,(H,20,21)(H,22,23). The first-order valence-electron chi connectivity index (χ1n) is 7.11. The zero-order chi connectivity index (χ0) is 17.2. The van der Waals surface area contributed by atoms with E-state index >= 15 is 0 Å². The maximum absolute atomic E-state index is 10.8. The van der Waals surface area contributed by atoms with Crippen molar-refractivity contribution in [3.63, 3.8) is 0 Å². The van der Waals surface area contributed by atoms with Crippen LogP contribution in [0.15, 0.2) is 30.3 Å². The van der Waals surface area contributed by atoms with Crippen molar-refractivity contribution in [1.29, 1.82) is 0 Å². The highest BCUT2D eigenvalue weighted by Gasteiger charge is 2.15. The summed E-state index contributed by atoms with van der Waals surface area (Å²) in [5.74, 6) is -2.12. The number of nitrogens with zero attached hydrogens (tertiary/aromatic N) is 3. The van der Waals surface area contributed by atoms with Gasteiger partial charge in [0.05, 0.1) is 13.1 Å². The Bertz CT molecular complexity index is 477. The lowest BCUT2D eigenvalue weighted by molar-refractivity contribution is -0.141. The van der Waals surface area contributed by atoms with Crippen LogP contribution < -0.4 is 4.90 Å². The topological polar surface area (TPSA) is 84.3 Å². The fourth-order valence-electron chi connectivity index (χ4n) is 2.10. The van der Waals surface area contributed by atoms with Gasteiger partial charge in [0, 0.05) is 46.0 Å². The molecular weight excluding hydrogens is 298 g/mol. The van der Waals surface area contributed by atoms with E-state index < -0.39 is 11.9 Å². The van der Waals surface area contributed by atoms with E-state index in [-0.39, 0.29) is 13.1 Å². The third-order valence-corrected chi connectivity index (χ3v) is 3.15. The number of carbonyl (C=O) groups is 2. The van der Waals surface area contributed by atoms with Gasteiger partial charge in [-0.2, -0.15) is 0 Å². The predicted molar refractivity (Wildman–Crippen MR) is 85.7 cm³/mol. The van der Waals surface area contributed by atoms with Gasteiger partial charge in [-0.05, 0) is 12.1 Å². The molecule has 0 aromatic heterocycles. The quantitative estimate of drug-likeness (QED) is 0.578. The minimum atomic E-state index is -1.06. The molecule has 2 N–H and O–H groups in total. The number of anilines is 1. The molecule has 7 nitrogen and oxygen atoms in total. The maximum Gasteiger partial charge on any atom is 0.317 e. The Morgan fingerprint density at radius 3 is 1.87 bits per heavy atom. The van der Waals surface area contributed by atoms with Crippen molar-refractivity contribution in [3.8, 4) is 0 Å². The average Bonchev–Trinajstić information content (AvgIpc) is 2.46. The Morgan fingerprint density at radius 1 is 0.870 bits per heavy atom. The Balaban J connectivity index is 2.70. The van der Waals surface area contributed by atoms with Crippen molar-refractivity contribution in [2.75, 3.05) is 44.2 Å². The van der Waals surface area contributed by atoms with Crippen LogP contribution in [0.5, 0.6) is 0 Å². The van der Waals surface area contributed by atoms with Gasteiger partial charge in [-0.15, -0.1) is 0 Å². The minimum Gasteiger partial charge on any atom is -0.480 e. The molecule has 0 bridgehead atoms. The molecule has 1 aromatic rings. The largest absolute Gasteiger partial charge is 0.480 e. The second kappa shape index (κ2) is 9.81. The van der Waals surface area contributed by atoms with E-state index in [9.17, 15) is 9.59 Å². The highest BCUT2D eigenvalue weighted by molar-refractivity contribution is 5.72. The van der Waals surface area contributed by atoms with Gasteiger partial charge in [-0.25, -0.2) is 0 Å². The molecule has 0 atom stereocenters. The number of rotatable bonds is 11. The predicted octanol–water partition coefficient (Wildman–Crippen LogP) is 0.603. The van der Waals surface area contributed by atoms with Crippen LogP contribution >= 0.6 is 0 Å². The van der Waals surface area contributed by atoms with Gasteiger partial charge < -0.3 is 15.1 Å². The molecule has 0 unspecified atom stereocenters. The molecule has 124 valence electrons. The van der Waals surface area contributed by atoms with Crippen LogP contribution in [0.3, 0.4) is 0 Å². The molecule has 1 rings (SSSR count). The third-order valence-electron chi connectivity index (χ3n) is 3.15. The van der Waals surface area contributed by atoms with E-state index in [1.807, 2.05) is 35.2 Å². The van der Waals surface area contributed by atoms with Crippen molar-refractivity contribution in [3.05, 3.63) is 44.4 Å². The van der Waals surface area contributed by atoms with Gasteiger partial charge in [0.15, 0.2) is 0 Å². The van der Waals surface area contributed by atoms with E-state index in [1.54, 1.807) is 0 Å². The highest BCUT2D eigenvalue weighted by atomic mass is 16.4. The normalized spacial score (nSPS) is 11.0. The zero-order valence-corrected chi connectivity index (χ0v) is 12.8. The smallest absolute Gasteiger partial charge is 0.317 e. The van der Waals surface area contributed by atoms with Crippen LogP contribution in [0.1, 0.15) is 0 Å². The van der Waals surface area contributed by atoms with Crippen LogP contribution in [0.2, 0.25) is 0 Å². The molecule has 0 fully saturated rings. The highest BCUT2D eigenvalue weighted by Crippen LogP contribution is 2.13. The number of hydrogen-bond acceptors (Lipinski definition) is 5. The fraction of sp³-hybridized carbons (Fsp3) is 0.375. The third kappa shape index (κ3) is 8.18. The summed E-state index contributed by atoms with van der Waals surface area (Å²) in [4.78, 5) is 26.1. The molecule has 1 aromatic carbocycles. The fourth-order valence-corrected chi connectivity index (χ4v) is 2.10. The minimum absolute atomic E-state index is 0.294. The molecule has 0 saturated heterocycles. The molecule has 23 heavy (non-hydrogen) atoms. The first-order chi connectivity index (χ1) is 10.9. The van der Waals surface area contributed by atoms with Gasteiger partial charge in [0.2, 0.25) is 0 Å². The van der Waals surface area contributed by atoms with E-state index in [1.165, 1.54) is 4.90 Å². The van der Waals surface area contributed by atoms with Crippen LogP contribution in [0.25, 0.3) is 0 Å². The molecule has 4 radical (unpaired) electrons. The molecule has 7 heteroatoms. The van der Waals surface area contributed by atoms with Gasteiger partial charge in [-0.3, -0.25) is 19.4 Å². The second-order valence-corrected chi connectivity index (χ2v) is 5.06. The summed E-state index contributed by atoms with van der Waals surface area (Å²) >= 11 is 0. The SMILES string of the molecule is [CH]N([CH])CCN(CCN(CC(=O)O)CC(=O)O)c1ccccc1. The number of benzene rings is 1. The lowest BCUT2D eigenvalue weighted by atomic mass is 10.2. The molecule has 0 spiro atoms. The van der Waals surface area contributed by atoms with Crippen molar-refractivity contribution in [2.24, 2.45) is 0 Å². The van der Waals surface area contributed by atoms with Crippen LogP contribution in [0, 0.1) is 14.1 Å². The molecule has 0 aliphatic carbocycles. The summed E-state index contributed by atoms with van der Waals surface area (Å²) in [7, 11) is 10.9. The van der Waals surface area contributed by atoms with Crippen LogP contribution in [-0.4, -0.2) is 71.2 Å². The molecule has 0 saturated carbocycles. The summed E-state index contributed by atoms with van der Waals surface area (Å²) in [5, 5.41) is 17.7. The molecule has 0 amide bonds. The van der Waals surface area contributed by atoms with E-state index in [2.05, 4.69) is 0 Å². The van der Waals surface area contributed by atoms with E-state index in [0.717, 1.165) is 10.6 Å². The van der Waals surface area contributed by atoms with Crippen molar-refractivity contribution in [1.82, 2.24) is 9.80 Å². The molecule has 0 aliphatic heterocycles. The van der Waals surface area contributed by atoms with Gasteiger partial charge in [-0.1, -0.05) is 18.2 Å². The number of aliphatic carboxylic acids is 2. The Hall–Kier alpha value is -2.12. The van der Waals surface area contributed by atoms with Gasteiger partial charge in [0.25, 0.3) is 0 Å². The van der Waals surface area contributed by atoms with Crippen molar-refractivity contribution >= 4 is 17.6 Å². The lowest BCUT2D eigenvalue weighted by Crippen LogP contribution is -2.41. The van der Waals surface area contributed by atoms with Crippen molar-refractivity contribution < 1.29 is 19.8 Å². The second-order valence-electron chi connectivity index (χ2n) is 5.06. The summed E-state index contributed by atoms with van der Waals surface area (Å²) < 4.78 is 0. The van der Waals surface area contributed by atoms with Gasteiger partial charge in [0.1, 0.15) is 0 Å². The van der Waals surface area contributed by atoms with E-state index in [4.69, 9.17) is 24.3 Å². The zero-order valence-electron chi connectivity index (χ0n) is 12.8. The number of hydrogen-bond donors (Lipinski definition) is 2. The summed E-state index contributed by atoms with van der Waals surface area (Å²) in [6.45, 7) is 1.04. The summed E-state index contributed by atoms with van der Waals surface area (Å²) in [6.07, 6.45) is 0. The molecule has 0 heterocycles. The lowest BCUT2D eigenvalue weighted by Gasteiger charge is -2.28. The number of para-hydroxylation sites is 1. The molecular formula is C16H21N3O4. The number of carboxylic acid groups (broad SMARTS) is 2. The molecule has 0 aliphatic rings.